The van der Waals surface area contributed by atoms with Gasteiger partial charge in [-0.1, -0.05) is 12.1 Å². The third-order valence-corrected chi connectivity index (χ3v) is 4.75. The Bertz CT molecular complexity index is 1270. The highest BCUT2D eigenvalue weighted by atomic mass is 19.2. The number of anilines is 1. The molecule has 0 fully saturated rings. The molecular weight excluding hydrogens is 451 g/mol. The molecule has 1 heterocycles. The number of rotatable bonds is 6. The van der Waals surface area contributed by atoms with Crippen molar-refractivity contribution in [1.29, 1.82) is 0 Å². The van der Waals surface area contributed by atoms with Crippen molar-refractivity contribution in [2.75, 3.05) is 5.32 Å². The van der Waals surface area contributed by atoms with Crippen LogP contribution in [0.15, 0.2) is 30.3 Å². The summed E-state index contributed by atoms with van der Waals surface area (Å²) >= 11 is 0. The fourth-order valence-corrected chi connectivity index (χ4v) is 3.05. The second-order valence-electron chi connectivity index (χ2n) is 6.93. The lowest BCUT2D eigenvalue weighted by molar-refractivity contribution is -0.384. The van der Waals surface area contributed by atoms with Gasteiger partial charge in [0, 0.05) is 18.2 Å². The molecule has 2 aromatic carbocycles. The van der Waals surface area contributed by atoms with Crippen molar-refractivity contribution < 1.29 is 31.7 Å². The summed E-state index contributed by atoms with van der Waals surface area (Å²) in [7, 11) is 0. The number of carbonyl (C=O) groups excluding carboxylic acids is 1. The maximum Gasteiger partial charge on any atom is 0.270 e. The van der Waals surface area contributed by atoms with Gasteiger partial charge in [-0.25, -0.2) is 22.0 Å². The molecular formula is C21H15F5N4O3. The fourth-order valence-electron chi connectivity index (χ4n) is 3.05. The van der Waals surface area contributed by atoms with Crippen molar-refractivity contribution in [1.82, 2.24) is 9.78 Å². The van der Waals surface area contributed by atoms with Crippen LogP contribution in [0.2, 0.25) is 0 Å². The zero-order valence-corrected chi connectivity index (χ0v) is 17.1. The first-order valence-corrected chi connectivity index (χ1v) is 9.29. The van der Waals surface area contributed by atoms with Crippen molar-refractivity contribution in [3.63, 3.8) is 0 Å². The van der Waals surface area contributed by atoms with Crippen LogP contribution in [-0.2, 0) is 11.3 Å². The van der Waals surface area contributed by atoms with E-state index in [1.807, 2.05) is 0 Å². The van der Waals surface area contributed by atoms with Crippen LogP contribution in [0, 0.1) is 53.0 Å². The number of nitro groups is 1. The average molecular weight is 466 g/mol. The molecule has 33 heavy (non-hydrogen) atoms. The van der Waals surface area contributed by atoms with Crippen molar-refractivity contribution in [2.45, 2.75) is 20.4 Å². The smallest absolute Gasteiger partial charge is 0.270 e. The second kappa shape index (κ2) is 9.18. The van der Waals surface area contributed by atoms with E-state index in [0.717, 1.165) is 10.8 Å². The van der Waals surface area contributed by atoms with E-state index >= 15 is 0 Å². The van der Waals surface area contributed by atoms with Crippen LogP contribution in [0.4, 0.5) is 33.3 Å². The van der Waals surface area contributed by atoms with Crippen LogP contribution >= 0.6 is 0 Å². The summed E-state index contributed by atoms with van der Waals surface area (Å²) in [5.41, 5.74) is -0.219. The highest BCUT2D eigenvalue weighted by Gasteiger charge is 2.26. The molecule has 0 bridgehead atoms. The van der Waals surface area contributed by atoms with Gasteiger partial charge in [-0.2, -0.15) is 5.10 Å². The zero-order chi connectivity index (χ0) is 24.4. The normalized spacial score (nSPS) is 11.2. The Morgan fingerprint density at radius 1 is 1.09 bits per heavy atom. The topological polar surface area (TPSA) is 90.1 Å². The molecule has 1 aromatic heterocycles. The molecule has 7 nitrogen and oxygen atoms in total. The standard InChI is InChI=1S/C21H15F5N4O3/c1-10-21(27-15(31)7-6-12-4-3-5-13(8-12)30(32)33)11(2)29(28-10)9-14-16(22)18(24)20(26)19(25)17(14)23/h3-8H,9H2,1-2H3,(H,27,31)/b7-6+. The van der Waals surface area contributed by atoms with Crippen LogP contribution in [0.25, 0.3) is 6.08 Å². The highest BCUT2D eigenvalue weighted by Crippen LogP contribution is 2.26. The van der Waals surface area contributed by atoms with Crippen molar-refractivity contribution in [3.8, 4) is 0 Å². The summed E-state index contributed by atoms with van der Waals surface area (Å²) in [6.07, 6.45) is 2.45. The van der Waals surface area contributed by atoms with Crippen LogP contribution in [0.5, 0.6) is 0 Å². The summed E-state index contributed by atoms with van der Waals surface area (Å²) < 4.78 is 69.2. The Labute approximate surface area is 183 Å². The fraction of sp³-hybridized carbons (Fsp3) is 0.143. The van der Waals surface area contributed by atoms with Gasteiger partial charge in [0.2, 0.25) is 11.7 Å². The first-order valence-electron chi connectivity index (χ1n) is 9.29. The number of non-ortho nitro benzene ring substituents is 1. The van der Waals surface area contributed by atoms with Gasteiger partial charge in [-0.3, -0.25) is 19.6 Å². The van der Waals surface area contributed by atoms with E-state index in [1.54, 1.807) is 6.07 Å². The van der Waals surface area contributed by atoms with Crippen molar-refractivity contribution >= 4 is 23.4 Å². The third-order valence-electron chi connectivity index (χ3n) is 4.75. The molecule has 3 aromatic rings. The van der Waals surface area contributed by atoms with E-state index in [-0.39, 0.29) is 22.8 Å². The van der Waals surface area contributed by atoms with Gasteiger partial charge in [-0.15, -0.1) is 0 Å². The van der Waals surface area contributed by atoms with Gasteiger partial charge in [0.25, 0.3) is 5.69 Å². The number of nitrogens with zero attached hydrogens (tertiary/aromatic N) is 3. The molecule has 0 unspecified atom stereocenters. The lowest BCUT2D eigenvalue weighted by Gasteiger charge is -2.10. The van der Waals surface area contributed by atoms with E-state index in [0.29, 0.717) is 5.56 Å². The summed E-state index contributed by atoms with van der Waals surface area (Å²) in [5, 5.41) is 17.3. The van der Waals surface area contributed by atoms with Crippen LogP contribution in [0.3, 0.4) is 0 Å². The zero-order valence-electron chi connectivity index (χ0n) is 17.1. The predicted molar refractivity (Wildman–Crippen MR) is 108 cm³/mol. The molecule has 0 saturated heterocycles. The van der Waals surface area contributed by atoms with E-state index in [9.17, 15) is 36.9 Å². The quantitative estimate of drug-likeness (QED) is 0.141. The van der Waals surface area contributed by atoms with E-state index in [4.69, 9.17) is 0 Å². The summed E-state index contributed by atoms with van der Waals surface area (Å²) in [6, 6.07) is 5.56. The first kappa shape index (κ1) is 23.6. The summed E-state index contributed by atoms with van der Waals surface area (Å²) in [6.45, 7) is 2.14. The Morgan fingerprint density at radius 3 is 2.30 bits per heavy atom. The number of halogens is 5. The van der Waals surface area contributed by atoms with E-state index in [2.05, 4.69) is 10.4 Å². The number of benzene rings is 2. The van der Waals surface area contributed by atoms with Crippen LogP contribution in [-0.4, -0.2) is 20.6 Å². The van der Waals surface area contributed by atoms with Crippen molar-refractivity contribution in [3.05, 3.63) is 92.1 Å². The number of hydrogen-bond acceptors (Lipinski definition) is 4. The molecule has 0 aliphatic rings. The molecule has 3 rings (SSSR count). The molecule has 0 aliphatic heterocycles. The van der Waals surface area contributed by atoms with Gasteiger partial charge in [0.1, 0.15) is 0 Å². The lowest BCUT2D eigenvalue weighted by atomic mass is 10.1. The molecule has 172 valence electrons. The van der Waals surface area contributed by atoms with Gasteiger partial charge >= 0.3 is 0 Å². The molecule has 0 atom stereocenters. The maximum atomic E-state index is 14.0. The second-order valence-corrected chi connectivity index (χ2v) is 6.93. The molecule has 1 amide bonds. The SMILES string of the molecule is Cc1nn(Cc2c(F)c(F)c(F)c(F)c2F)c(C)c1NC(=O)/C=C/c1cccc([N+](=O)[O-])c1. The molecule has 1 N–H and O–H groups in total. The highest BCUT2D eigenvalue weighted by molar-refractivity contribution is 6.02. The molecule has 0 saturated carbocycles. The summed E-state index contributed by atoms with van der Waals surface area (Å²) in [5.74, 6) is -11.0. The Balaban J connectivity index is 1.83. The number of carbonyl (C=O) groups is 1. The molecule has 0 aliphatic carbocycles. The van der Waals surface area contributed by atoms with E-state index in [1.165, 1.54) is 38.1 Å². The van der Waals surface area contributed by atoms with Crippen LogP contribution in [0.1, 0.15) is 22.5 Å². The summed E-state index contributed by atoms with van der Waals surface area (Å²) in [4.78, 5) is 22.5. The van der Waals surface area contributed by atoms with Gasteiger partial charge in [-0.05, 0) is 25.5 Å². The number of nitro benzene ring substituents is 1. The number of aryl methyl sites for hydroxylation is 1. The lowest BCUT2D eigenvalue weighted by Crippen LogP contribution is -2.13. The number of nitrogens with one attached hydrogen (secondary N) is 1. The maximum absolute atomic E-state index is 14.0. The van der Waals surface area contributed by atoms with Gasteiger partial charge in [0.15, 0.2) is 23.3 Å². The number of hydrogen-bond donors (Lipinski definition) is 1. The van der Waals surface area contributed by atoms with Gasteiger partial charge in [0.05, 0.1) is 34.1 Å². The Kier molecular flexibility index (Phi) is 6.56. The first-order chi connectivity index (χ1) is 15.5. The average Bonchev–Trinajstić information content (AvgIpc) is 3.05. The van der Waals surface area contributed by atoms with Crippen LogP contribution < -0.4 is 5.32 Å². The minimum Gasteiger partial charge on any atom is -0.319 e. The number of aromatic nitrogens is 2. The van der Waals surface area contributed by atoms with E-state index < -0.39 is 52.0 Å². The van der Waals surface area contributed by atoms with Gasteiger partial charge < -0.3 is 5.32 Å². The predicted octanol–water partition coefficient (Wildman–Crippen LogP) is 4.80. The monoisotopic (exact) mass is 466 g/mol. The largest absolute Gasteiger partial charge is 0.319 e. The number of amides is 1. The molecule has 0 spiro atoms. The molecule has 12 heteroatoms. The minimum absolute atomic E-state index is 0.154. The third kappa shape index (κ3) is 4.73. The van der Waals surface area contributed by atoms with Crippen molar-refractivity contribution in [2.24, 2.45) is 0 Å². The Morgan fingerprint density at radius 2 is 1.70 bits per heavy atom. The Hall–Kier alpha value is -4.09. The molecule has 0 radical (unpaired) electrons. The minimum atomic E-state index is -2.26.